The highest BCUT2D eigenvalue weighted by Crippen LogP contribution is 2.43. The quantitative estimate of drug-likeness (QED) is 0.344. The number of benzene rings is 2. The SMILES string of the molecule is Cc1ccc(N2C(=S)N[C@H](c3ccccn3)[C@H]2c2cc(C)n(-c3cc(C)ccc3C)c2C)cc1. The number of hydrogen-bond donors (Lipinski definition) is 1. The highest BCUT2D eigenvalue weighted by molar-refractivity contribution is 7.80. The van der Waals surface area contributed by atoms with Gasteiger partial charge in [0.05, 0.1) is 17.8 Å². The van der Waals surface area contributed by atoms with E-state index in [2.05, 4.69) is 104 Å². The van der Waals surface area contributed by atoms with Crippen LogP contribution in [0.1, 0.15) is 51.4 Å². The third kappa shape index (κ3) is 3.80. The van der Waals surface area contributed by atoms with Gasteiger partial charge in [-0.05, 0) is 99.9 Å². The Hall–Kier alpha value is -3.44. The van der Waals surface area contributed by atoms with Crippen molar-refractivity contribution < 1.29 is 0 Å². The number of pyridine rings is 1. The van der Waals surface area contributed by atoms with Gasteiger partial charge in [0, 0.05) is 29.0 Å². The summed E-state index contributed by atoms with van der Waals surface area (Å²) in [6, 6.07) is 23.5. The fourth-order valence-corrected chi connectivity index (χ4v) is 5.42. The van der Waals surface area contributed by atoms with Crippen molar-refractivity contribution >= 4 is 23.0 Å². The van der Waals surface area contributed by atoms with E-state index in [0.717, 1.165) is 16.5 Å². The average molecular weight is 467 g/mol. The molecule has 0 unspecified atom stereocenters. The monoisotopic (exact) mass is 466 g/mol. The van der Waals surface area contributed by atoms with E-state index in [9.17, 15) is 0 Å². The summed E-state index contributed by atoms with van der Waals surface area (Å²) in [4.78, 5) is 6.95. The minimum absolute atomic E-state index is 0.0184. The first-order valence-electron chi connectivity index (χ1n) is 11.7. The Morgan fingerprint density at radius 1 is 0.853 bits per heavy atom. The maximum absolute atomic E-state index is 5.90. The van der Waals surface area contributed by atoms with Gasteiger partial charge in [-0.2, -0.15) is 0 Å². The Kier molecular flexibility index (Phi) is 5.74. The van der Waals surface area contributed by atoms with Gasteiger partial charge in [0.2, 0.25) is 0 Å². The molecule has 4 aromatic rings. The molecule has 0 bridgehead atoms. The molecule has 1 aliphatic rings. The van der Waals surface area contributed by atoms with Crippen LogP contribution in [-0.2, 0) is 0 Å². The minimum atomic E-state index is -0.0532. The Labute approximate surface area is 207 Å². The van der Waals surface area contributed by atoms with Crippen LogP contribution in [0.2, 0.25) is 0 Å². The second kappa shape index (κ2) is 8.73. The topological polar surface area (TPSA) is 33.1 Å². The molecular weight excluding hydrogens is 436 g/mol. The molecule has 1 fully saturated rings. The summed E-state index contributed by atoms with van der Waals surface area (Å²) in [5, 5.41) is 4.31. The minimum Gasteiger partial charge on any atom is -0.351 e. The van der Waals surface area contributed by atoms with E-state index >= 15 is 0 Å². The van der Waals surface area contributed by atoms with Crippen molar-refractivity contribution in [3.63, 3.8) is 0 Å². The zero-order valence-corrected chi connectivity index (χ0v) is 21.1. The van der Waals surface area contributed by atoms with Crippen LogP contribution in [0.3, 0.4) is 0 Å². The van der Waals surface area contributed by atoms with Gasteiger partial charge in [-0.3, -0.25) is 4.98 Å². The summed E-state index contributed by atoms with van der Waals surface area (Å²) in [5.41, 5.74) is 10.7. The Morgan fingerprint density at radius 2 is 1.59 bits per heavy atom. The Bertz CT molecular complexity index is 1360. The van der Waals surface area contributed by atoms with E-state index in [1.807, 2.05) is 18.3 Å². The molecule has 0 saturated carbocycles. The van der Waals surface area contributed by atoms with Gasteiger partial charge < -0.3 is 14.8 Å². The normalized spacial score (nSPS) is 17.8. The lowest BCUT2D eigenvalue weighted by molar-refractivity contribution is 0.565. The summed E-state index contributed by atoms with van der Waals surface area (Å²) in [7, 11) is 0. The van der Waals surface area contributed by atoms with E-state index < -0.39 is 0 Å². The van der Waals surface area contributed by atoms with Crippen molar-refractivity contribution in [3.8, 4) is 5.69 Å². The number of anilines is 1. The first kappa shape index (κ1) is 22.4. The van der Waals surface area contributed by atoms with Gasteiger partial charge in [0.15, 0.2) is 5.11 Å². The van der Waals surface area contributed by atoms with Crippen LogP contribution < -0.4 is 10.2 Å². The summed E-state index contributed by atoms with van der Waals surface area (Å²) in [6.07, 6.45) is 1.85. The van der Waals surface area contributed by atoms with Crippen LogP contribution in [0, 0.1) is 34.6 Å². The molecule has 2 aromatic heterocycles. The van der Waals surface area contributed by atoms with Crippen molar-refractivity contribution in [2.45, 2.75) is 46.7 Å². The molecule has 0 radical (unpaired) electrons. The second-order valence-electron chi connectivity index (χ2n) is 9.28. The molecule has 1 N–H and O–H groups in total. The maximum atomic E-state index is 5.90. The Morgan fingerprint density at radius 3 is 2.29 bits per heavy atom. The average Bonchev–Trinajstić information content (AvgIpc) is 3.32. The zero-order valence-electron chi connectivity index (χ0n) is 20.3. The second-order valence-corrected chi connectivity index (χ2v) is 9.67. The van der Waals surface area contributed by atoms with E-state index in [1.54, 1.807) is 0 Å². The van der Waals surface area contributed by atoms with Gasteiger partial charge in [-0.25, -0.2) is 0 Å². The van der Waals surface area contributed by atoms with Gasteiger partial charge in [-0.15, -0.1) is 0 Å². The predicted molar refractivity (Wildman–Crippen MR) is 144 cm³/mol. The largest absolute Gasteiger partial charge is 0.351 e. The molecule has 1 saturated heterocycles. The molecule has 2 aromatic carbocycles. The van der Waals surface area contributed by atoms with E-state index in [0.29, 0.717) is 0 Å². The lowest BCUT2D eigenvalue weighted by Crippen LogP contribution is -2.29. The van der Waals surface area contributed by atoms with E-state index in [1.165, 1.54) is 39.3 Å². The maximum Gasteiger partial charge on any atom is 0.174 e. The number of aromatic nitrogens is 2. The molecule has 172 valence electrons. The molecule has 0 spiro atoms. The smallest absolute Gasteiger partial charge is 0.174 e. The highest BCUT2D eigenvalue weighted by atomic mass is 32.1. The van der Waals surface area contributed by atoms with Crippen LogP contribution in [0.25, 0.3) is 5.69 Å². The van der Waals surface area contributed by atoms with Crippen LogP contribution in [-0.4, -0.2) is 14.7 Å². The fourth-order valence-electron chi connectivity index (χ4n) is 5.07. The molecule has 2 atom stereocenters. The van der Waals surface area contributed by atoms with Crippen LogP contribution in [0.15, 0.2) is 72.9 Å². The van der Waals surface area contributed by atoms with Crippen molar-refractivity contribution in [2.75, 3.05) is 4.90 Å². The zero-order chi connectivity index (χ0) is 24.0. The molecule has 0 amide bonds. The third-order valence-corrected chi connectivity index (χ3v) is 7.12. The Balaban J connectivity index is 1.70. The molecule has 5 rings (SSSR count). The van der Waals surface area contributed by atoms with Crippen molar-refractivity contribution in [3.05, 3.63) is 112 Å². The van der Waals surface area contributed by atoms with Crippen molar-refractivity contribution in [1.82, 2.24) is 14.9 Å². The summed E-state index contributed by atoms with van der Waals surface area (Å²) in [6.45, 7) is 10.8. The molecular formula is C29H30N4S. The highest BCUT2D eigenvalue weighted by Gasteiger charge is 2.42. The number of hydrogen-bond acceptors (Lipinski definition) is 2. The summed E-state index contributed by atoms with van der Waals surface area (Å²) >= 11 is 5.90. The van der Waals surface area contributed by atoms with Crippen LogP contribution in [0.4, 0.5) is 5.69 Å². The van der Waals surface area contributed by atoms with E-state index in [-0.39, 0.29) is 12.1 Å². The van der Waals surface area contributed by atoms with Crippen LogP contribution >= 0.6 is 12.2 Å². The lowest BCUT2D eigenvalue weighted by Gasteiger charge is -2.28. The van der Waals surface area contributed by atoms with Gasteiger partial charge in [0.25, 0.3) is 0 Å². The number of nitrogens with one attached hydrogen (secondary N) is 1. The molecule has 5 heteroatoms. The number of aryl methyl sites for hydroxylation is 4. The molecule has 0 aliphatic carbocycles. The van der Waals surface area contributed by atoms with E-state index in [4.69, 9.17) is 17.2 Å². The van der Waals surface area contributed by atoms with Gasteiger partial charge >= 0.3 is 0 Å². The standard InChI is InChI=1S/C29H30N4S/c1-18-10-13-23(14-11-18)33-28(27(31-29(33)34)25-8-6-7-15-30-25)24-17-21(4)32(22(24)5)26-16-19(2)9-12-20(26)3/h6-17,27-28H,1-5H3,(H,31,34)/t27-,28-/m1/s1. The van der Waals surface area contributed by atoms with Gasteiger partial charge in [0.1, 0.15) is 0 Å². The first-order chi connectivity index (χ1) is 16.3. The summed E-state index contributed by atoms with van der Waals surface area (Å²) in [5.74, 6) is 0. The van der Waals surface area contributed by atoms with Crippen molar-refractivity contribution in [1.29, 1.82) is 0 Å². The van der Waals surface area contributed by atoms with Gasteiger partial charge in [-0.1, -0.05) is 35.9 Å². The third-order valence-electron chi connectivity index (χ3n) is 6.80. The lowest BCUT2D eigenvalue weighted by atomic mass is 9.96. The molecule has 34 heavy (non-hydrogen) atoms. The number of rotatable bonds is 4. The van der Waals surface area contributed by atoms with Crippen molar-refractivity contribution in [2.24, 2.45) is 0 Å². The number of nitrogens with zero attached hydrogens (tertiary/aromatic N) is 3. The molecule has 4 nitrogen and oxygen atoms in total. The summed E-state index contributed by atoms with van der Waals surface area (Å²) < 4.78 is 2.38. The molecule has 3 heterocycles. The molecule has 1 aliphatic heterocycles. The predicted octanol–water partition coefficient (Wildman–Crippen LogP) is 6.59. The fraction of sp³-hybridized carbons (Fsp3) is 0.241. The van der Waals surface area contributed by atoms with Crippen LogP contribution in [0.5, 0.6) is 0 Å². The first-order valence-corrected chi connectivity index (χ1v) is 12.1. The number of thiocarbonyl (C=S) groups is 1.